The molecular weight excluding hydrogens is 370 g/mol. The lowest BCUT2D eigenvalue weighted by atomic mass is 9.85. The van der Waals surface area contributed by atoms with E-state index in [1.165, 1.54) is 0 Å². The van der Waals surface area contributed by atoms with Crippen LogP contribution in [0.5, 0.6) is 0 Å². The van der Waals surface area contributed by atoms with Crippen molar-refractivity contribution >= 4 is 22.7 Å². The highest BCUT2D eigenvalue weighted by atomic mass is 16.5. The summed E-state index contributed by atoms with van der Waals surface area (Å²) < 4.78 is 11.4. The van der Waals surface area contributed by atoms with Crippen LogP contribution in [-0.4, -0.2) is 78.2 Å². The number of hydrogen-bond acceptors (Lipinski definition) is 5. The van der Waals surface area contributed by atoms with Gasteiger partial charge < -0.3 is 19.3 Å². The zero-order chi connectivity index (χ0) is 19.8. The third kappa shape index (κ3) is 3.60. The van der Waals surface area contributed by atoms with E-state index in [9.17, 15) is 9.59 Å². The van der Waals surface area contributed by atoms with Gasteiger partial charge in [-0.05, 0) is 24.5 Å². The van der Waals surface area contributed by atoms with Crippen LogP contribution in [0.4, 0.5) is 0 Å². The number of fused-ring (bicyclic) bond motifs is 1. The lowest BCUT2D eigenvalue weighted by molar-refractivity contribution is -0.136. The van der Waals surface area contributed by atoms with E-state index in [1.807, 2.05) is 35.2 Å². The fourth-order valence-electron chi connectivity index (χ4n) is 4.62. The van der Waals surface area contributed by atoms with Gasteiger partial charge >= 0.3 is 0 Å². The molecule has 1 aromatic carbocycles. The summed E-state index contributed by atoms with van der Waals surface area (Å²) in [5.74, 6) is 0.353. The lowest BCUT2D eigenvalue weighted by Crippen LogP contribution is -2.63. The van der Waals surface area contributed by atoms with E-state index in [4.69, 9.17) is 9.47 Å². The number of carbonyl (C=O) groups is 2. The summed E-state index contributed by atoms with van der Waals surface area (Å²) >= 11 is 0. The van der Waals surface area contributed by atoms with Crippen molar-refractivity contribution in [3.8, 4) is 0 Å². The molecule has 1 aromatic heterocycles. The van der Waals surface area contributed by atoms with Crippen LogP contribution in [0.15, 0.2) is 36.4 Å². The molecule has 7 heteroatoms. The molecule has 0 N–H and O–H groups in total. The highest BCUT2D eigenvalue weighted by Gasteiger charge is 2.51. The molecule has 0 bridgehead atoms. The van der Waals surface area contributed by atoms with Crippen molar-refractivity contribution in [3.05, 3.63) is 42.1 Å². The van der Waals surface area contributed by atoms with Gasteiger partial charge in [-0.3, -0.25) is 9.59 Å². The SMILES string of the molecule is O=C(CC1COC2(C1)CN(C(=O)c1ccc3ccccc3n1)C2)N1CCOCC1. The molecule has 3 aliphatic rings. The Balaban J connectivity index is 1.17. The van der Waals surface area contributed by atoms with Gasteiger partial charge in [0.25, 0.3) is 5.91 Å². The van der Waals surface area contributed by atoms with Crippen LogP contribution in [0.25, 0.3) is 10.9 Å². The first-order valence-electron chi connectivity index (χ1n) is 10.3. The first-order chi connectivity index (χ1) is 14.1. The van der Waals surface area contributed by atoms with Gasteiger partial charge in [-0.1, -0.05) is 24.3 Å². The number of aromatic nitrogens is 1. The summed E-state index contributed by atoms with van der Waals surface area (Å²) in [4.78, 5) is 33.5. The molecule has 0 saturated carbocycles. The van der Waals surface area contributed by atoms with Gasteiger partial charge in [0.2, 0.25) is 5.91 Å². The number of nitrogens with zero attached hydrogens (tertiary/aromatic N) is 3. The van der Waals surface area contributed by atoms with E-state index in [2.05, 4.69) is 4.98 Å². The van der Waals surface area contributed by atoms with Crippen molar-refractivity contribution in [2.24, 2.45) is 5.92 Å². The number of morpholine rings is 1. The third-order valence-corrected chi connectivity index (χ3v) is 6.18. The smallest absolute Gasteiger partial charge is 0.272 e. The van der Waals surface area contributed by atoms with Crippen LogP contribution >= 0.6 is 0 Å². The Morgan fingerprint density at radius 2 is 1.86 bits per heavy atom. The second-order valence-corrected chi connectivity index (χ2v) is 8.31. The van der Waals surface area contributed by atoms with Crippen molar-refractivity contribution in [1.82, 2.24) is 14.8 Å². The van der Waals surface area contributed by atoms with Crippen molar-refractivity contribution < 1.29 is 19.1 Å². The number of amides is 2. The number of carbonyl (C=O) groups excluding carboxylic acids is 2. The van der Waals surface area contributed by atoms with E-state index < -0.39 is 0 Å². The molecule has 0 radical (unpaired) electrons. The monoisotopic (exact) mass is 395 g/mol. The van der Waals surface area contributed by atoms with Crippen LogP contribution < -0.4 is 0 Å². The largest absolute Gasteiger partial charge is 0.378 e. The predicted octanol–water partition coefficient (Wildman–Crippen LogP) is 1.71. The fraction of sp³-hybridized carbons (Fsp3) is 0.500. The van der Waals surface area contributed by atoms with E-state index in [1.54, 1.807) is 11.0 Å². The number of rotatable bonds is 3. The highest BCUT2D eigenvalue weighted by Crippen LogP contribution is 2.39. The first kappa shape index (κ1) is 18.5. The molecule has 1 unspecified atom stereocenters. The molecule has 5 rings (SSSR count). The lowest BCUT2D eigenvalue weighted by Gasteiger charge is -2.47. The van der Waals surface area contributed by atoms with Crippen molar-refractivity contribution in [2.45, 2.75) is 18.4 Å². The average molecular weight is 395 g/mol. The maximum Gasteiger partial charge on any atom is 0.272 e. The average Bonchev–Trinajstić information content (AvgIpc) is 3.16. The number of para-hydroxylation sites is 1. The van der Waals surface area contributed by atoms with Gasteiger partial charge in [0.1, 0.15) is 11.3 Å². The predicted molar refractivity (Wildman–Crippen MR) is 106 cm³/mol. The molecule has 152 valence electrons. The highest BCUT2D eigenvalue weighted by molar-refractivity contribution is 5.95. The number of benzene rings is 1. The normalized spacial score (nSPS) is 23.4. The Morgan fingerprint density at radius 3 is 2.69 bits per heavy atom. The van der Waals surface area contributed by atoms with Crippen molar-refractivity contribution in [2.75, 3.05) is 46.0 Å². The second-order valence-electron chi connectivity index (χ2n) is 8.31. The molecule has 3 saturated heterocycles. The molecule has 2 amide bonds. The summed E-state index contributed by atoms with van der Waals surface area (Å²) in [7, 11) is 0. The molecule has 3 aliphatic heterocycles. The molecule has 7 nitrogen and oxygen atoms in total. The fourth-order valence-corrected chi connectivity index (χ4v) is 4.62. The zero-order valence-corrected chi connectivity index (χ0v) is 16.4. The Labute approximate surface area is 169 Å². The molecule has 4 heterocycles. The maximum atomic E-state index is 12.8. The van der Waals surface area contributed by atoms with E-state index in [0.717, 1.165) is 17.3 Å². The number of hydrogen-bond donors (Lipinski definition) is 0. The molecular formula is C22H25N3O4. The summed E-state index contributed by atoms with van der Waals surface area (Å²) in [5.41, 5.74) is 1.01. The minimum absolute atomic E-state index is 0.0576. The van der Waals surface area contributed by atoms with Crippen LogP contribution in [0, 0.1) is 5.92 Å². The van der Waals surface area contributed by atoms with Crippen LogP contribution in [0.2, 0.25) is 0 Å². The Hall–Kier alpha value is -2.51. The summed E-state index contributed by atoms with van der Waals surface area (Å²) in [5, 5.41) is 1.02. The maximum absolute atomic E-state index is 12.8. The van der Waals surface area contributed by atoms with Crippen LogP contribution in [0.1, 0.15) is 23.3 Å². The van der Waals surface area contributed by atoms with E-state index in [-0.39, 0.29) is 23.3 Å². The van der Waals surface area contributed by atoms with Gasteiger partial charge in [-0.2, -0.15) is 0 Å². The van der Waals surface area contributed by atoms with Crippen molar-refractivity contribution in [1.29, 1.82) is 0 Å². The molecule has 0 aliphatic carbocycles. The first-order valence-corrected chi connectivity index (χ1v) is 10.3. The molecule has 29 heavy (non-hydrogen) atoms. The van der Waals surface area contributed by atoms with E-state index in [0.29, 0.717) is 58.1 Å². The molecule has 2 aromatic rings. The van der Waals surface area contributed by atoms with Gasteiger partial charge in [-0.25, -0.2) is 4.98 Å². The Kier molecular flexibility index (Phi) is 4.72. The molecule has 1 atom stereocenters. The summed E-state index contributed by atoms with van der Waals surface area (Å²) in [6.07, 6.45) is 1.35. The quantitative estimate of drug-likeness (QED) is 0.791. The minimum atomic E-state index is -0.289. The summed E-state index contributed by atoms with van der Waals surface area (Å²) in [6, 6.07) is 11.5. The van der Waals surface area contributed by atoms with Gasteiger partial charge in [0.05, 0.1) is 38.4 Å². The van der Waals surface area contributed by atoms with Gasteiger partial charge in [-0.15, -0.1) is 0 Å². The van der Waals surface area contributed by atoms with E-state index >= 15 is 0 Å². The second kappa shape index (κ2) is 7.39. The van der Waals surface area contributed by atoms with Gasteiger partial charge in [0, 0.05) is 24.9 Å². The Morgan fingerprint density at radius 1 is 1.07 bits per heavy atom. The van der Waals surface area contributed by atoms with Crippen LogP contribution in [-0.2, 0) is 14.3 Å². The number of pyridine rings is 1. The van der Waals surface area contributed by atoms with Crippen molar-refractivity contribution in [3.63, 3.8) is 0 Å². The minimum Gasteiger partial charge on any atom is -0.378 e. The zero-order valence-electron chi connectivity index (χ0n) is 16.4. The summed E-state index contributed by atoms with van der Waals surface area (Å²) in [6.45, 7) is 4.34. The third-order valence-electron chi connectivity index (χ3n) is 6.18. The molecule has 1 spiro atoms. The Bertz CT molecular complexity index is 935. The van der Waals surface area contributed by atoms with Gasteiger partial charge in [0.15, 0.2) is 0 Å². The molecule has 3 fully saturated rings. The number of likely N-dealkylation sites (tertiary alicyclic amines) is 1. The standard InChI is InChI=1S/C22H25N3O4/c26-20(24-7-9-28-10-8-24)11-16-12-22(29-13-16)14-25(15-22)21(27)19-6-5-17-3-1-2-4-18(17)23-19/h1-6,16H,7-15H2. The van der Waals surface area contributed by atoms with Crippen LogP contribution in [0.3, 0.4) is 0 Å². The topological polar surface area (TPSA) is 72.0 Å². The number of ether oxygens (including phenoxy) is 2.